The topological polar surface area (TPSA) is 46.6 Å². The highest BCUT2D eigenvalue weighted by Crippen LogP contribution is 2.21. The highest BCUT2D eigenvalue weighted by atomic mass is 15.0. The average Bonchev–Trinajstić information content (AvgIpc) is 3.79. The third-order valence-electron chi connectivity index (χ3n) is 17.0. The quantitative estimate of drug-likeness (QED) is 0.0501. The van der Waals surface area contributed by atoms with E-state index in [2.05, 4.69) is 349 Å². The minimum atomic E-state index is 0.965. The van der Waals surface area contributed by atoms with Crippen LogP contribution in [0.1, 0.15) is 32.1 Å². The summed E-state index contributed by atoms with van der Waals surface area (Å²) >= 11 is 0. The summed E-state index contributed by atoms with van der Waals surface area (Å²) in [4.78, 5) is 0. The van der Waals surface area contributed by atoms with Gasteiger partial charge in [-0.3, -0.25) is 0 Å². The first-order valence-electron chi connectivity index (χ1n) is 31.7. The molecule has 0 aliphatic rings. The molecular formula is C77H84N12+12. The van der Waals surface area contributed by atoms with Gasteiger partial charge in [0.05, 0.1) is 32.1 Å². The Morgan fingerprint density at radius 1 is 0.146 bits per heavy atom. The zero-order chi connectivity index (χ0) is 60.4. The third kappa shape index (κ3) is 16.7. The maximum atomic E-state index is 2.29. The van der Waals surface area contributed by atoms with Crippen molar-refractivity contribution in [2.45, 2.75) is 97.6 Å². The summed E-state index contributed by atoms with van der Waals surface area (Å²) < 4.78 is 27.0. The fraction of sp³-hybridized carbons (Fsp3) is 0.221. The fourth-order valence-electron chi connectivity index (χ4n) is 11.6. The van der Waals surface area contributed by atoms with E-state index in [1.54, 1.807) is 0 Å². The van der Waals surface area contributed by atoms with Crippen LogP contribution in [0.25, 0.3) is 66.8 Å². The second-order valence-electron chi connectivity index (χ2n) is 23.5. The van der Waals surface area contributed by atoms with Gasteiger partial charge in [-0.25, -0.2) is 54.8 Å². The first kappa shape index (κ1) is 59.1. The molecule has 0 atom stereocenters. The normalized spacial score (nSPS) is 11.3. The number of aromatic nitrogens is 12. The van der Waals surface area contributed by atoms with E-state index >= 15 is 0 Å². The van der Waals surface area contributed by atoms with Crippen LogP contribution in [-0.2, 0) is 79.5 Å². The minimum absolute atomic E-state index is 0.965. The van der Waals surface area contributed by atoms with Crippen molar-refractivity contribution < 1.29 is 54.8 Å². The van der Waals surface area contributed by atoms with E-state index in [1.807, 2.05) is 14.1 Å². The Kier molecular flexibility index (Phi) is 19.6. The third-order valence-corrected chi connectivity index (χ3v) is 17.0. The van der Waals surface area contributed by atoms with Crippen molar-refractivity contribution in [2.75, 3.05) is 0 Å². The molecular weight excluding hydrogens is 1090 g/mol. The van der Waals surface area contributed by atoms with Crippen molar-refractivity contribution >= 4 is 0 Å². The second-order valence-corrected chi connectivity index (χ2v) is 23.5. The van der Waals surface area contributed by atoms with Gasteiger partial charge < -0.3 is 0 Å². The first-order valence-corrected chi connectivity index (χ1v) is 31.7. The van der Waals surface area contributed by atoms with Crippen LogP contribution >= 0.6 is 0 Å². The van der Waals surface area contributed by atoms with Gasteiger partial charge in [0.25, 0.3) is 0 Å². The van der Waals surface area contributed by atoms with Gasteiger partial charge in [-0.2, -0.15) is 0 Å². The molecule has 0 unspecified atom stereocenters. The summed E-state index contributed by atoms with van der Waals surface area (Å²) in [6.45, 7) is 9.72. The molecule has 440 valence electrons. The lowest BCUT2D eigenvalue weighted by atomic mass is 10.1. The highest BCUT2D eigenvalue weighted by molar-refractivity contribution is 5.64. The molecule has 0 spiro atoms. The summed E-state index contributed by atoms with van der Waals surface area (Å²) in [6, 6.07) is 53.2. The summed E-state index contributed by atoms with van der Waals surface area (Å²) in [5, 5.41) is 0. The van der Waals surface area contributed by atoms with E-state index in [9.17, 15) is 0 Å². The summed E-state index contributed by atoms with van der Waals surface area (Å²) in [6.07, 6.45) is 57.7. The Balaban J connectivity index is 0.511. The number of rotatable bonds is 26. The fourth-order valence-corrected chi connectivity index (χ4v) is 11.6. The average molecular weight is 1180 g/mol. The van der Waals surface area contributed by atoms with Crippen molar-refractivity contribution in [3.63, 3.8) is 0 Å². The van der Waals surface area contributed by atoms with Crippen LogP contribution in [0.3, 0.4) is 0 Å². The van der Waals surface area contributed by atoms with Gasteiger partial charge in [0, 0.05) is 146 Å². The zero-order valence-electron chi connectivity index (χ0n) is 51.7. The van der Waals surface area contributed by atoms with E-state index < -0.39 is 0 Å². The van der Waals surface area contributed by atoms with E-state index in [4.69, 9.17) is 0 Å². The molecule has 0 N–H and O–H groups in total. The Labute approximate surface area is 524 Å². The van der Waals surface area contributed by atoms with Crippen LogP contribution < -0.4 is 54.8 Å². The SMILES string of the molecule is C[n+]1ccc(-c2cc[n+](CCC[n+]3ccc(-c4cc[n+](CCC[n+]5ccc(-c6cc[n+](CCC[n+]7ccc(-c8cc[n+](CCC[n+]9ccc(-c%10cc[n+](CCC[n+]%11ccc(-c%12cc[n+](C)cc%12)cc%11)cc%10)cc9)cc8)cc7)cc6)cc5)cc4)cc3)cc2)cc1. The number of aryl methyl sites for hydroxylation is 12. The molecule has 0 fully saturated rings. The van der Waals surface area contributed by atoms with E-state index in [0.717, 1.165) is 97.6 Å². The molecule has 12 rings (SSSR count). The molecule has 0 saturated heterocycles. The van der Waals surface area contributed by atoms with E-state index in [1.165, 1.54) is 66.8 Å². The molecule has 0 radical (unpaired) electrons. The second kappa shape index (κ2) is 29.5. The molecule has 0 amide bonds. The highest BCUT2D eigenvalue weighted by Gasteiger charge is 2.15. The molecule has 0 aliphatic carbocycles. The Morgan fingerprint density at radius 2 is 0.236 bits per heavy atom. The summed E-state index contributed by atoms with van der Waals surface area (Å²) in [5.41, 5.74) is 14.9. The van der Waals surface area contributed by atoms with Crippen LogP contribution in [-0.4, -0.2) is 0 Å². The monoisotopic (exact) mass is 1180 g/mol. The molecule has 12 heterocycles. The maximum absolute atomic E-state index is 2.29. The van der Waals surface area contributed by atoms with Crippen LogP contribution in [0, 0.1) is 0 Å². The van der Waals surface area contributed by atoms with Crippen LogP contribution in [0.15, 0.2) is 294 Å². The first-order chi connectivity index (χ1) is 43.8. The Bertz CT molecular complexity index is 3850. The van der Waals surface area contributed by atoms with E-state index in [0.29, 0.717) is 0 Å². The maximum Gasteiger partial charge on any atom is 0.169 e. The lowest BCUT2D eigenvalue weighted by Gasteiger charge is -2.03. The van der Waals surface area contributed by atoms with Crippen LogP contribution in [0.5, 0.6) is 0 Å². The van der Waals surface area contributed by atoms with Crippen molar-refractivity contribution in [3.05, 3.63) is 294 Å². The summed E-state index contributed by atoms with van der Waals surface area (Å²) in [7, 11) is 4.09. The molecule has 0 aliphatic heterocycles. The molecule has 12 aromatic heterocycles. The summed E-state index contributed by atoms with van der Waals surface area (Å²) in [5.74, 6) is 0. The predicted molar refractivity (Wildman–Crippen MR) is 339 cm³/mol. The lowest BCUT2D eigenvalue weighted by molar-refractivity contribution is -0.727. The molecule has 0 saturated carbocycles. The molecule has 0 aromatic carbocycles. The Morgan fingerprint density at radius 3 is 0.337 bits per heavy atom. The van der Waals surface area contributed by atoms with Gasteiger partial charge in [-0.15, -0.1) is 0 Å². The van der Waals surface area contributed by atoms with Crippen molar-refractivity contribution in [1.82, 2.24) is 0 Å². The van der Waals surface area contributed by atoms with Crippen molar-refractivity contribution in [2.24, 2.45) is 14.1 Å². The zero-order valence-corrected chi connectivity index (χ0v) is 51.7. The Hall–Kier alpha value is -10.2. The van der Waals surface area contributed by atoms with Crippen molar-refractivity contribution in [1.29, 1.82) is 0 Å². The molecule has 12 aromatic rings. The van der Waals surface area contributed by atoms with Gasteiger partial charge in [0.1, 0.15) is 14.1 Å². The minimum Gasteiger partial charge on any atom is -0.208 e. The molecule has 0 bridgehead atoms. The van der Waals surface area contributed by atoms with Gasteiger partial charge in [0.15, 0.2) is 214 Å². The number of nitrogens with zero attached hydrogens (tertiary/aromatic N) is 12. The lowest BCUT2D eigenvalue weighted by Crippen LogP contribution is -2.38. The van der Waals surface area contributed by atoms with Gasteiger partial charge in [-0.05, 0) is 66.8 Å². The van der Waals surface area contributed by atoms with Gasteiger partial charge in [0.2, 0.25) is 0 Å². The van der Waals surface area contributed by atoms with Gasteiger partial charge in [-0.1, -0.05) is 0 Å². The molecule has 12 heteroatoms. The predicted octanol–water partition coefficient (Wildman–Crippen LogP) is 7.66. The number of hydrogen-bond acceptors (Lipinski definition) is 0. The number of pyridine rings is 12. The smallest absolute Gasteiger partial charge is 0.169 e. The van der Waals surface area contributed by atoms with Crippen molar-refractivity contribution in [3.8, 4) is 66.8 Å². The standard InChI is InChI=1S/C77H84N12/c1-78-42-8-66(9-43-78)68-12-46-80(47-13-68)32-3-34-82-50-16-70(17-51-82)72-20-54-84(55-21-72)36-5-38-86-58-24-74(25-59-86)76-28-62-88(63-29-76)40-7-41-89-64-30-77(31-65-89)75-26-60-87(61-27-75)39-6-37-85-56-22-73(23-57-85)71-18-52-83(53-19-71)35-4-33-81-48-14-69(15-49-81)67-10-44-79(2)45-11-67/h8-31,42-65H,3-7,32-41H2,1-2H3/q+12. The van der Waals surface area contributed by atoms with Crippen LogP contribution in [0.4, 0.5) is 0 Å². The number of hydrogen-bond donors (Lipinski definition) is 0. The van der Waals surface area contributed by atoms with E-state index in [-0.39, 0.29) is 0 Å². The molecule has 89 heavy (non-hydrogen) atoms. The van der Waals surface area contributed by atoms with Crippen LogP contribution in [0.2, 0.25) is 0 Å². The molecule has 12 nitrogen and oxygen atoms in total. The van der Waals surface area contributed by atoms with Gasteiger partial charge >= 0.3 is 0 Å². The largest absolute Gasteiger partial charge is 0.208 e.